The Hall–Kier alpha value is -1.72. The molecule has 8 nitrogen and oxygen atoms in total. The van der Waals surface area contributed by atoms with E-state index in [0.29, 0.717) is 6.54 Å². The molecular formula is C22H36IN7O. The van der Waals surface area contributed by atoms with Gasteiger partial charge in [0.05, 0.1) is 13.2 Å². The normalized spacial score (nSPS) is 14.9. The summed E-state index contributed by atoms with van der Waals surface area (Å²) < 4.78 is 7.40. The Morgan fingerprint density at radius 2 is 1.71 bits per heavy atom. The molecule has 0 spiro atoms. The van der Waals surface area contributed by atoms with Gasteiger partial charge in [0.15, 0.2) is 11.8 Å². The number of aliphatic imine (C=N–C) groups is 1. The van der Waals surface area contributed by atoms with E-state index in [4.69, 9.17) is 9.73 Å². The molecule has 2 heterocycles. The van der Waals surface area contributed by atoms with Crippen LogP contribution < -0.4 is 10.6 Å². The third kappa shape index (κ3) is 8.38. The first-order valence-electron chi connectivity index (χ1n) is 10.8. The van der Waals surface area contributed by atoms with Crippen molar-refractivity contribution in [3.63, 3.8) is 0 Å². The predicted octanol–water partition coefficient (Wildman–Crippen LogP) is 1.97. The number of benzene rings is 1. The Bertz CT molecular complexity index is 826. The number of rotatable bonds is 8. The highest BCUT2D eigenvalue weighted by Gasteiger charge is 2.10. The molecule has 2 aromatic rings. The fourth-order valence-electron chi connectivity index (χ4n) is 3.61. The second-order valence-corrected chi connectivity index (χ2v) is 7.94. The SMILES string of the molecule is Cc1cc(C)cc(CCNC(=NCc2nnc(C)n2C)NCCN2CCOCC2)c1.I. The summed E-state index contributed by atoms with van der Waals surface area (Å²) in [7, 11) is 1.97. The smallest absolute Gasteiger partial charge is 0.191 e. The zero-order valence-electron chi connectivity index (χ0n) is 19.1. The van der Waals surface area contributed by atoms with E-state index in [2.05, 4.69) is 57.8 Å². The molecule has 0 bridgehead atoms. The Labute approximate surface area is 202 Å². The van der Waals surface area contributed by atoms with Crippen LogP contribution in [0.2, 0.25) is 0 Å². The number of morpholine rings is 1. The van der Waals surface area contributed by atoms with Crippen LogP contribution in [-0.2, 0) is 24.8 Å². The summed E-state index contributed by atoms with van der Waals surface area (Å²) in [5.41, 5.74) is 3.96. The van der Waals surface area contributed by atoms with Gasteiger partial charge < -0.3 is 19.9 Å². The molecule has 1 fully saturated rings. The van der Waals surface area contributed by atoms with Crippen molar-refractivity contribution in [3.05, 3.63) is 46.5 Å². The molecule has 1 aliphatic rings. The monoisotopic (exact) mass is 541 g/mol. The first-order valence-corrected chi connectivity index (χ1v) is 10.8. The molecular weight excluding hydrogens is 505 g/mol. The van der Waals surface area contributed by atoms with E-state index in [-0.39, 0.29) is 24.0 Å². The van der Waals surface area contributed by atoms with Gasteiger partial charge in [-0.05, 0) is 32.8 Å². The minimum Gasteiger partial charge on any atom is -0.379 e. The number of hydrogen-bond acceptors (Lipinski definition) is 5. The zero-order chi connectivity index (χ0) is 21.3. The lowest BCUT2D eigenvalue weighted by Gasteiger charge is -2.26. The lowest BCUT2D eigenvalue weighted by molar-refractivity contribution is 0.0389. The summed E-state index contributed by atoms with van der Waals surface area (Å²) in [6.07, 6.45) is 0.954. The van der Waals surface area contributed by atoms with Crippen molar-refractivity contribution in [2.45, 2.75) is 33.7 Å². The molecule has 0 radical (unpaired) electrons. The molecule has 1 aliphatic heterocycles. The zero-order valence-corrected chi connectivity index (χ0v) is 21.5. The average Bonchev–Trinajstić information content (AvgIpc) is 3.04. The Morgan fingerprint density at radius 1 is 1.03 bits per heavy atom. The van der Waals surface area contributed by atoms with Gasteiger partial charge in [-0.3, -0.25) is 4.90 Å². The van der Waals surface area contributed by atoms with E-state index in [0.717, 1.165) is 70.0 Å². The molecule has 1 aromatic carbocycles. The second-order valence-electron chi connectivity index (χ2n) is 7.94. The molecule has 31 heavy (non-hydrogen) atoms. The maximum atomic E-state index is 5.43. The number of halogens is 1. The number of aromatic nitrogens is 3. The van der Waals surface area contributed by atoms with Crippen molar-refractivity contribution in [2.24, 2.45) is 12.0 Å². The largest absolute Gasteiger partial charge is 0.379 e. The molecule has 2 N–H and O–H groups in total. The second kappa shape index (κ2) is 13.0. The van der Waals surface area contributed by atoms with Gasteiger partial charge in [-0.25, -0.2) is 4.99 Å². The third-order valence-corrected chi connectivity index (χ3v) is 5.37. The molecule has 3 rings (SSSR count). The summed E-state index contributed by atoms with van der Waals surface area (Å²) in [5, 5.41) is 15.3. The molecule has 0 saturated carbocycles. The van der Waals surface area contributed by atoms with E-state index in [9.17, 15) is 0 Å². The molecule has 1 saturated heterocycles. The molecule has 0 unspecified atom stereocenters. The van der Waals surface area contributed by atoms with Crippen LogP contribution >= 0.6 is 24.0 Å². The highest BCUT2D eigenvalue weighted by atomic mass is 127. The topological polar surface area (TPSA) is 79.6 Å². The number of ether oxygens (including phenoxy) is 1. The van der Waals surface area contributed by atoms with Crippen molar-refractivity contribution in [1.29, 1.82) is 0 Å². The molecule has 0 amide bonds. The van der Waals surface area contributed by atoms with Crippen molar-refractivity contribution in [2.75, 3.05) is 45.9 Å². The molecule has 172 valence electrons. The van der Waals surface area contributed by atoms with Crippen molar-refractivity contribution < 1.29 is 4.74 Å². The van der Waals surface area contributed by atoms with Gasteiger partial charge in [-0.15, -0.1) is 34.2 Å². The van der Waals surface area contributed by atoms with Crippen LogP contribution in [0.5, 0.6) is 0 Å². The fourth-order valence-corrected chi connectivity index (χ4v) is 3.61. The highest BCUT2D eigenvalue weighted by Crippen LogP contribution is 2.09. The van der Waals surface area contributed by atoms with E-state index >= 15 is 0 Å². The minimum absolute atomic E-state index is 0. The number of nitrogens with one attached hydrogen (secondary N) is 2. The number of aryl methyl sites for hydroxylation is 3. The number of nitrogens with zero attached hydrogens (tertiary/aromatic N) is 5. The summed E-state index contributed by atoms with van der Waals surface area (Å²) in [6.45, 7) is 13.0. The van der Waals surface area contributed by atoms with E-state index in [1.807, 2.05) is 18.5 Å². The van der Waals surface area contributed by atoms with Gasteiger partial charge in [0.25, 0.3) is 0 Å². The van der Waals surface area contributed by atoms with Crippen LogP contribution in [0.15, 0.2) is 23.2 Å². The molecule has 9 heteroatoms. The van der Waals surface area contributed by atoms with E-state index in [1.54, 1.807) is 0 Å². The maximum absolute atomic E-state index is 5.43. The first kappa shape index (κ1) is 25.5. The summed E-state index contributed by atoms with van der Waals surface area (Å²) in [5.74, 6) is 2.56. The molecule has 1 aromatic heterocycles. The van der Waals surface area contributed by atoms with Crippen LogP contribution in [0.1, 0.15) is 28.3 Å². The van der Waals surface area contributed by atoms with Gasteiger partial charge >= 0.3 is 0 Å². The van der Waals surface area contributed by atoms with Crippen molar-refractivity contribution in [1.82, 2.24) is 30.3 Å². The fraction of sp³-hybridized carbons (Fsp3) is 0.591. The average molecular weight is 541 g/mol. The van der Waals surface area contributed by atoms with Gasteiger partial charge in [-0.1, -0.05) is 29.3 Å². The van der Waals surface area contributed by atoms with Crippen LogP contribution in [0.25, 0.3) is 0 Å². The van der Waals surface area contributed by atoms with E-state index in [1.165, 1.54) is 16.7 Å². The Kier molecular flexibility index (Phi) is 10.7. The first-order chi connectivity index (χ1) is 14.5. The highest BCUT2D eigenvalue weighted by molar-refractivity contribution is 14.0. The molecule has 0 aliphatic carbocycles. The van der Waals surface area contributed by atoms with Crippen molar-refractivity contribution >= 4 is 29.9 Å². The number of hydrogen-bond donors (Lipinski definition) is 2. The summed E-state index contributed by atoms with van der Waals surface area (Å²) in [4.78, 5) is 7.16. The summed E-state index contributed by atoms with van der Waals surface area (Å²) in [6, 6.07) is 6.71. The van der Waals surface area contributed by atoms with Gasteiger partial charge in [0, 0.05) is 39.8 Å². The maximum Gasteiger partial charge on any atom is 0.191 e. The predicted molar refractivity (Wildman–Crippen MR) is 135 cm³/mol. The van der Waals surface area contributed by atoms with Gasteiger partial charge in [-0.2, -0.15) is 0 Å². The minimum atomic E-state index is 0. The third-order valence-electron chi connectivity index (χ3n) is 5.37. The van der Waals surface area contributed by atoms with E-state index < -0.39 is 0 Å². The Morgan fingerprint density at radius 3 is 2.35 bits per heavy atom. The van der Waals surface area contributed by atoms with Crippen LogP contribution in [0.3, 0.4) is 0 Å². The van der Waals surface area contributed by atoms with Crippen LogP contribution in [0.4, 0.5) is 0 Å². The quantitative estimate of drug-likeness (QED) is 0.303. The van der Waals surface area contributed by atoms with Gasteiger partial charge in [0.1, 0.15) is 12.4 Å². The standard InChI is InChI=1S/C22H35N7O.HI/c1-17-13-18(2)15-20(14-17)5-6-23-22(24-7-8-29-9-11-30-12-10-29)25-16-21-27-26-19(3)28(21)4;/h13-15H,5-12,16H2,1-4H3,(H2,23,24,25);1H. The van der Waals surface area contributed by atoms with Crippen LogP contribution in [-0.4, -0.2) is 71.6 Å². The lowest BCUT2D eigenvalue weighted by atomic mass is 10.1. The van der Waals surface area contributed by atoms with Gasteiger partial charge in [0.2, 0.25) is 0 Å². The summed E-state index contributed by atoms with van der Waals surface area (Å²) >= 11 is 0. The van der Waals surface area contributed by atoms with Crippen LogP contribution in [0, 0.1) is 20.8 Å². The lowest BCUT2D eigenvalue weighted by Crippen LogP contribution is -2.44. The number of guanidine groups is 1. The van der Waals surface area contributed by atoms with Crippen molar-refractivity contribution in [3.8, 4) is 0 Å². The molecule has 0 atom stereocenters. The Balaban J connectivity index is 0.00000341.